The summed E-state index contributed by atoms with van der Waals surface area (Å²) in [5, 5.41) is 4.67. The van der Waals surface area contributed by atoms with E-state index in [1.165, 1.54) is 12.6 Å². The Morgan fingerprint density at radius 1 is 1.03 bits per heavy atom. The van der Waals surface area contributed by atoms with Gasteiger partial charge in [0.2, 0.25) is 5.91 Å². The number of hydrogen-bond donors (Lipinski definition) is 0. The lowest BCUT2D eigenvalue weighted by Gasteiger charge is -2.28. The van der Waals surface area contributed by atoms with Crippen molar-refractivity contribution in [2.24, 2.45) is 7.05 Å². The highest BCUT2D eigenvalue weighted by Gasteiger charge is 2.28. The first-order valence-corrected chi connectivity index (χ1v) is 10.4. The summed E-state index contributed by atoms with van der Waals surface area (Å²) in [4.78, 5) is 37.6. The van der Waals surface area contributed by atoms with Crippen molar-refractivity contribution in [3.05, 3.63) is 40.7 Å². The molecule has 8 heteroatoms. The Morgan fingerprint density at radius 3 is 2.55 bits per heavy atom. The van der Waals surface area contributed by atoms with Crippen LogP contribution in [0.2, 0.25) is 0 Å². The number of nitrogens with zero attached hydrogens (tertiary/aromatic N) is 6. The molecule has 0 N–H and O–H groups in total. The predicted molar refractivity (Wildman–Crippen MR) is 107 cm³/mol. The van der Waals surface area contributed by atoms with Crippen molar-refractivity contribution >= 4 is 11.8 Å². The van der Waals surface area contributed by atoms with Crippen LogP contribution < -0.4 is 0 Å². The molecule has 2 aromatic heterocycles. The van der Waals surface area contributed by atoms with E-state index in [9.17, 15) is 9.59 Å². The first-order valence-electron chi connectivity index (χ1n) is 10.4. The fourth-order valence-electron chi connectivity index (χ4n) is 4.24. The van der Waals surface area contributed by atoms with Gasteiger partial charge in [0.15, 0.2) is 0 Å². The molecule has 4 heterocycles. The van der Waals surface area contributed by atoms with E-state index in [4.69, 9.17) is 0 Å². The van der Waals surface area contributed by atoms with Crippen LogP contribution in [-0.2, 0) is 31.2 Å². The second-order valence-electron chi connectivity index (χ2n) is 7.96. The van der Waals surface area contributed by atoms with Crippen molar-refractivity contribution < 1.29 is 9.59 Å². The van der Waals surface area contributed by atoms with Crippen molar-refractivity contribution in [3.63, 3.8) is 0 Å². The molecule has 2 aliphatic rings. The number of carbonyl (C=O) groups excluding carboxylic acids is 2. The second-order valence-corrected chi connectivity index (χ2v) is 7.96. The summed E-state index contributed by atoms with van der Waals surface area (Å²) < 4.78 is 1.91. The molecule has 154 valence electrons. The quantitative estimate of drug-likeness (QED) is 0.785. The van der Waals surface area contributed by atoms with Gasteiger partial charge in [0.05, 0.1) is 17.6 Å². The molecule has 2 amide bonds. The van der Waals surface area contributed by atoms with E-state index < -0.39 is 0 Å². The highest BCUT2D eigenvalue weighted by molar-refractivity contribution is 5.92. The van der Waals surface area contributed by atoms with Gasteiger partial charge in [-0.15, -0.1) is 0 Å². The maximum Gasteiger partial charge on any atom is 0.274 e. The van der Waals surface area contributed by atoms with Crippen LogP contribution >= 0.6 is 0 Å². The highest BCUT2D eigenvalue weighted by atomic mass is 16.2. The molecule has 0 spiro atoms. The highest BCUT2D eigenvalue weighted by Crippen LogP contribution is 2.24. The van der Waals surface area contributed by atoms with Gasteiger partial charge < -0.3 is 9.80 Å². The second kappa shape index (κ2) is 8.31. The topological polar surface area (TPSA) is 84.2 Å². The van der Waals surface area contributed by atoms with Gasteiger partial charge in [0.25, 0.3) is 5.91 Å². The monoisotopic (exact) mass is 396 g/mol. The van der Waals surface area contributed by atoms with E-state index in [0.29, 0.717) is 31.6 Å². The molecule has 1 saturated heterocycles. The molecule has 0 unspecified atom stereocenters. The molecule has 4 rings (SSSR count). The Balaban J connectivity index is 1.45. The number of hydrogen-bond acceptors (Lipinski definition) is 5. The van der Waals surface area contributed by atoms with Gasteiger partial charge in [0.1, 0.15) is 5.69 Å². The number of amides is 2. The largest absolute Gasteiger partial charge is 0.343 e. The number of rotatable bonds is 4. The average Bonchev–Trinajstić information content (AvgIpc) is 3.07. The first kappa shape index (κ1) is 19.5. The molecule has 0 bridgehead atoms. The van der Waals surface area contributed by atoms with Gasteiger partial charge in [-0.1, -0.05) is 0 Å². The molecule has 0 atom stereocenters. The Bertz CT molecular complexity index is 899. The molecule has 0 aromatic carbocycles. The van der Waals surface area contributed by atoms with Gasteiger partial charge in [-0.25, -0.2) is 4.98 Å². The molecule has 2 aromatic rings. The van der Waals surface area contributed by atoms with E-state index >= 15 is 0 Å². The Morgan fingerprint density at radius 2 is 1.83 bits per heavy atom. The Hall–Kier alpha value is -2.77. The van der Waals surface area contributed by atoms with Crippen LogP contribution in [0.15, 0.2) is 12.4 Å². The molecule has 0 radical (unpaired) electrons. The fraction of sp³-hybridized carbons (Fsp3) is 0.571. The van der Waals surface area contributed by atoms with Crippen molar-refractivity contribution in [1.82, 2.24) is 29.5 Å². The minimum absolute atomic E-state index is 0.109. The average molecular weight is 396 g/mol. The van der Waals surface area contributed by atoms with Gasteiger partial charge in [-0.2, -0.15) is 5.10 Å². The molecule has 0 aliphatic carbocycles. The van der Waals surface area contributed by atoms with Crippen molar-refractivity contribution in [2.75, 3.05) is 19.6 Å². The van der Waals surface area contributed by atoms with E-state index in [1.54, 1.807) is 11.1 Å². The van der Waals surface area contributed by atoms with Crippen molar-refractivity contribution in [2.45, 2.75) is 52.0 Å². The van der Waals surface area contributed by atoms with E-state index in [0.717, 1.165) is 55.0 Å². The number of aromatic nitrogens is 4. The van der Waals surface area contributed by atoms with Crippen LogP contribution in [0.5, 0.6) is 0 Å². The lowest BCUT2D eigenvalue weighted by molar-refractivity contribution is -0.132. The summed E-state index contributed by atoms with van der Waals surface area (Å²) in [5.41, 5.74) is 4.32. The van der Waals surface area contributed by atoms with E-state index in [-0.39, 0.29) is 11.8 Å². The van der Waals surface area contributed by atoms with E-state index in [1.807, 2.05) is 23.6 Å². The molecule has 29 heavy (non-hydrogen) atoms. The number of likely N-dealkylation sites (tertiary alicyclic amines) is 1. The van der Waals surface area contributed by atoms with Crippen LogP contribution in [-0.4, -0.2) is 61.0 Å². The lowest BCUT2D eigenvalue weighted by atomic mass is 10.0. The van der Waals surface area contributed by atoms with Gasteiger partial charge in [-0.3, -0.25) is 19.3 Å². The maximum absolute atomic E-state index is 12.8. The van der Waals surface area contributed by atoms with Gasteiger partial charge in [-0.05, 0) is 26.2 Å². The summed E-state index contributed by atoms with van der Waals surface area (Å²) in [6.07, 6.45) is 8.41. The maximum atomic E-state index is 12.8. The Kier molecular flexibility index (Phi) is 5.60. The summed E-state index contributed by atoms with van der Waals surface area (Å²) in [6, 6.07) is 0. The fourth-order valence-corrected chi connectivity index (χ4v) is 4.24. The number of carbonyl (C=O) groups is 2. The third kappa shape index (κ3) is 4.16. The van der Waals surface area contributed by atoms with Gasteiger partial charge in [0, 0.05) is 69.9 Å². The summed E-state index contributed by atoms with van der Waals surface area (Å²) >= 11 is 0. The third-order valence-electron chi connectivity index (χ3n) is 5.90. The number of aryl methyl sites for hydroxylation is 3. The van der Waals surface area contributed by atoms with E-state index in [2.05, 4.69) is 15.1 Å². The summed E-state index contributed by atoms with van der Waals surface area (Å²) in [5.74, 6) is 0.102. The smallest absolute Gasteiger partial charge is 0.274 e. The zero-order valence-electron chi connectivity index (χ0n) is 17.2. The van der Waals surface area contributed by atoms with Crippen LogP contribution in [0, 0.1) is 6.92 Å². The SMILES string of the molecule is Cc1cnc(C(=O)N2CCc3c(c(CCC(=O)N4CCCCC4)nn3C)C2)cn1. The molecular weight excluding hydrogens is 368 g/mol. The summed E-state index contributed by atoms with van der Waals surface area (Å²) in [6.45, 7) is 4.73. The first-order chi connectivity index (χ1) is 14.0. The van der Waals surface area contributed by atoms with Crippen molar-refractivity contribution in [3.8, 4) is 0 Å². The van der Waals surface area contributed by atoms with Crippen LogP contribution in [0.4, 0.5) is 0 Å². The molecular formula is C21H28N6O2. The zero-order chi connectivity index (χ0) is 20.4. The molecule has 8 nitrogen and oxygen atoms in total. The predicted octanol–water partition coefficient (Wildman–Crippen LogP) is 1.66. The van der Waals surface area contributed by atoms with Crippen LogP contribution in [0.25, 0.3) is 0 Å². The molecule has 0 saturated carbocycles. The van der Waals surface area contributed by atoms with Crippen molar-refractivity contribution in [1.29, 1.82) is 0 Å². The number of fused-ring (bicyclic) bond motifs is 1. The zero-order valence-corrected chi connectivity index (χ0v) is 17.2. The van der Waals surface area contributed by atoms with Crippen LogP contribution in [0.1, 0.15) is 58.8 Å². The lowest BCUT2D eigenvalue weighted by Crippen LogP contribution is -2.37. The van der Waals surface area contributed by atoms with Gasteiger partial charge >= 0.3 is 0 Å². The Labute approximate surface area is 170 Å². The third-order valence-corrected chi connectivity index (χ3v) is 5.90. The summed E-state index contributed by atoms with van der Waals surface area (Å²) in [7, 11) is 1.94. The minimum atomic E-state index is -0.109. The molecule has 1 fully saturated rings. The standard InChI is InChI=1S/C21H28N6O2/c1-15-12-23-18(13-22-15)21(29)27-11-8-19-16(14-27)17(24-25(19)2)6-7-20(28)26-9-4-3-5-10-26/h12-13H,3-11,14H2,1-2H3. The molecule has 2 aliphatic heterocycles. The normalized spacial score (nSPS) is 16.6. The number of piperidine rings is 1. The minimum Gasteiger partial charge on any atom is -0.343 e. The van der Waals surface area contributed by atoms with Crippen LogP contribution in [0.3, 0.4) is 0 Å².